The predicted molar refractivity (Wildman–Crippen MR) is 108 cm³/mol. The lowest BCUT2D eigenvalue weighted by molar-refractivity contribution is -0.113. The normalized spacial score (nSPS) is 11.6. The molecular weight excluding hydrogens is 392 g/mol. The molecule has 1 amide bonds. The molecule has 140 valence electrons. The van der Waals surface area contributed by atoms with Crippen LogP contribution in [0.1, 0.15) is 11.1 Å². The first-order valence-electron chi connectivity index (χ1n) is 7.85. The number of carbonyl (C=O) groups is 1. The second kappa shape index (κ2) is 8.90. The average molecular weight is 413 g/mol. The van der Waals surface area contributed by atoms with E-state index < -0.39 is 10.0 Å². The van der Waals surface area contributed by atoms with Gasteiger partial charge in [-0.2, -0.15) is 0 Å². The Morgan fingerprint density at radius 3 is 2.42 bits per heavy atom. The number of rotatable bonds is 7. The molecule has 0 saturated carbocycles. The first-order chi connectivity index (χ1) is 12.2. The highest BCUT2D eigenvalue weighted by Gasteiger charge is 2.20. The maximum absolute atomic E-state index is 12.3. The molecule has 26 heavy (non-hydrogen) atoms. The van der Waals surface area contributed by atoms with E-state index in [1.54, 1.807) is 19.1 Å². The fourth-order valence-corrected chi connectivity index (χ4v) is 4.25. The first-order valence-corrected chi connectivity index (χ1v) is 10.8. The number of hydrogen-bond donors (Lipinski definition) is 1. The van der Waals surface area contributed by atoms with Gasteiger partial charge in [-0.05, 0) is 42.3 Å². The van der Waals surface area contributed by atoms with Crippen LogP contribution in [0.15, 0.2) is 47.4 Å². The Bertz CT molecular complexity index is 882. The molecule has 0 fully saturated rings. The van der Waals surface area contributed by atoms with Crippen LogP contribution in [0.2, 0.25) is 5.02 Å². The SMILES string of the molecule is Cc1ccc(NC(=O)CSCc2ccc(Cl)cc2)cc1S(=O)(=O)N(C)C. The summed E-state index contributed by atoms with van der Waals surface area (Å²) in [5, 5.41) is 3.43. The van der Waals surface area contributed by atoms with E-state index in [1.165, 1.54) is 31.9 Å². The van der Waals surface area contributed by atoms with E-state index in [-0.39, 0.29) is 16.6 Å². The average Bonchev–Trinajstić information content (AvgIpc) is 2.58. The van der Waals surface area contributed by atoms with Crippen molar-refractivity contribution in [2.45, 2.75) is 17.6 Å². The molecule has 5 nitrogen and oxygen atoms in total. The van der Waals surface area contributed by atoms with Crippen molar-refractivity contribution in [3.8, 4) is 0 Å². The summed E-state index contributed by atoms with van der Waals surface area (Å²) in [6.45, 7) is 1.73. The second-order valence-corrected chi connectivity index (χ2v) is 9.48. The minimum atomic E-state index is -3.56. The smallest absolute Gasteiger partial charge is 0.242 e. The van der Waals surface area contributed by atoms with Crippen LogP contribution in [0.3, 0.4) is 0 Å². The lowest BCUT2D eigenvalue weighted by atomic mass is 10.2. The van der Waals surface area contributed by atoms with Crippen LogP contribution in [-0.2, 0) is 20.6 Å². The number of anilines is 1. The molecule has 0 spiro atoms. The van der Waals surface area contributed by atoms with Gasteiger partial charge in [0.05, 0.1) is 10.6 Å². The summed E-state index contributed by atoms with van der Waals surface area (Å²) in [6, 6.07) is 12.4. The number of halogens is 1. The van der Waals surface area contributed by atoms with Crippen molar-refractivity contribution in [2.75, 3.05) is 25.2 Å². The van der Waals surface area contributed by atoms with E-state index in [9.17, 15) is 13.2 Å². The highest BCUT2D eigenvalue weighted by molar-refractivity contribution is 7.99. The fourth-order valence-electron chi connectivity index (χ4n) is 2.19. The minimum Gasteiger partial charge on any atom is -0.325 e. The number of amides is 1. The molecule has 1 N–H and O–H groups in total. The molecule has 0 aliphatic rings. The summed E-state index contributed by atoms with van der Waals surface area (Å²) >= 11 is 7.32. The molecule has 0 atom stereocenters. The molecule has 2 rings (SSSR count). The van der Waals surface area contributed by atoms with Crippen molar-refractivity contribution >= 4 is 45.0 Å². The second-order valence-electron chi connectivity index (χ2n) is 5.94. The predicted octanol–water partition coefficient (Wildman–Crippen LogP) is 3.77. The third-order valence-corrected chi connectivity index (χ3v) is 6.86. The van der Waals surface area contributed by atoms with Crippen LogP contribution < -0.4 is 5.32 Å². The number of thioether (sulfide) groups is 1. The number of carbonyl (C=O) groups excluding carboxylic acids is 1. The van der Waals surface area contributed by atoms with Gasteiger partial charge < -0.3 is 5.32 Å². The van der Waals surface area contributed by atoms with Crippen molar-refractivity contribution in [1.82, 2.24) is 4.31 Å². The van der Waals surface area contributed by atoms with E-state index in [1.807, 2.05) is 24.3 Å². The van der Waals surface area contributed by atoms with Gasteiger partial charge in [0, 0.05) is 30.6 Å². The molecule has 0 saturated heterocycles. The Labute approximate surface area is 163 Å². The van der Waals surface area contributed by atoms with Gasteiger partial charge in [0.1, 0.15) is 0 Å². The maximum Gasteiger partial charge on any atom is 0.242 e. The molecule has 0 unspecified atom stereocenters. The standard InChI is InChI=1S/C18H21ClN2O3S2/c1-13-4-9-16(10-17(13)26(23,24)21(2)3)20-18(22)12-25-11-14-5-7-15(19)8-6-14/h4-10H,11-12H2,1-3H3,(H,20,22). The quantitative estimate of drug-likeness (QED) is 0.751. The van der Waals surface area contributed by atoms with E-state index in [0.29, 0.717) is 22.0 Å². The van der Waals surface area contributed by atoms with Gasteiger partial charge in [-0.15, -0.1) is 11.8 Å². The zero-order chi connectivity index (χ0) is 19.3. The summed E-state index contributed by atoms with van der Waals surface area (Å²) in [7, 11) is -0.597. The Morgan fingerprint density at radius 1 is 1.15 bits per heavy atom. The number of benzene rings is 2. The first kappa shape index (κ1) is 20.8. The maximum atomic E-state index is 12.3. The summed E-state index contributed by atoms with van der Waals surface area (Å²) < 4.78 is 25.8. The highest BCUT2D eigenvalue weighted by atomic mass is 35.5. The number of hydrogen-bond acceptors (Lipinski definition) is 4. The molecule has 2 aromatic carbocycles. The summed E-state index contributed by atoms with van der Waals surface area (Å²) in [6.07, 6.45) is 0. The van der Waals surface area contributed by atoms with Crippen molar-refractivity contribution in [3.05, 3.63) is 58.6 Å². The molecule has 0 aromatic heterocycles. The number of nitrogens with zero attached hydrogens (tertiary/aromatic N) is 1. The fraction of sp³-hybridized carbons (Fsp3) is 0.278. The van der Waals surface area contributed by atoms with E-state index in [2.05, 4.69) is 5.32 Å². The van der Waals surface area contributed by atoms with Crippen molar-refractivity contribution < 1.29 is 13.2 Å². The molecule has 0 heterocycles. The van der Waals surface area contributed by atoms with Crippen molar-refractivity contribution in [1.29, 1.82) is 0 Å². The molecule has 0 bridgehead atoms. The van der Waals surface area contributed by atoms with Gasteiger partial charge in [-0.3, -0.25) is 4.79 Å². The molecule has 8 heteroatoms. The Balaban J connectivity index is 1.97. The van der Waals surface area contributed by atoms with Gasteiger partial charge in [-0.1, -0.05) is 29.8 Å². The van der Waals surface area contributed by atoms with Gasteiger partial charge >= 0.3 is 0 Å². The third-order valence-electron chi connectivity index (χ3n) is 3.65. The Kier molecular flexibility index (Phi) is 7.11. The highest BCUT2D eigenvalue weighted by Crippen LogP contribution is 2.23. The van der Waals surface area contributed by atoms with Gasteiger partial charge in [0.2, 0.25) is 15.9 Å². The van der Waals surface area contributed by atoms with Crippen molar-refractivity contribution in [3.63, 3.8) is 0 Å². The largest absolute Gasteiger partial charge is 0.325 e. The summed E-state index contributed by atoms with van der Waals surface area (Å²) in [5.74, 6) is 0.784. The van der Waals surface area contributed by atoms with Gasteiger partial charge in [-0.25, -0.2) is 12.7 Å². The van der Waals surface area contributed by atoms with Crippen LogP contribution in [0.25, 0.3) is 0 Å². The van der Waals surface area contributed by atoms with Crippen LogP contribution in [-0.4, -0.2) is 38.5 Å². The van der Waals surface area contributed by atoms with E-state index in [0.717, 1.165) is 9.87 Å². The Hall–Kier alpha value is -1.54. The van der Waals surface area contributed by atoms with Gasteiger partial charge in [0.15, 0.2) is 0 Å². The molecule has 0 aliphatic heterocycles. The zero-order valence-corrected chi connectivity index (χ0v) is 17.2. The third kappa shape index (κ3) is 5.48. The zero-order valence-electron chi connectivity index (χ0n) is 14.8. The number of aryl methyl sites for hydroxylation is 1. The number of nitrogens with one attached hydrogen (secondary N) is 1. The molecule has 0 aliphatic carbocycles. The topological polar surface area (TPSA) is 66.5 Å². The molecule has 0 radical (unpaired) electrons. The lowest BCUT2D eigenvalue weighted by Gasteiger charge is -2.15. The van der Waals surface area contributed by atoms with Crippen LogP contribution in [0.4, 0.5) is 5.69 Å². The molecule has 2 aromatic rings. The minimum absolute atomic E-state index is 0.180. The summed E-state index contributed by atoms with van der Waals surface area (Å²) in [5.41, 5.74) is 2.18. The van der Waals surface area contributed by atoms with E-state index >= 15 is 0 Å². The molecular formula is C18H21ClN2O3S2. The Morgan fingerprint density at radius 2 is 1.81 bits per heavy atom. The summed E-state index contributed by atoms with van der Waals surface area (Å²) in [4.78, 5) is 12.3. The van der Waals surface area contributed by atoms with Crippen LogP contribution in [0.5, 0.6) is 0 Å². The van der Waals surface area contributed by atoms with Gasteiger partial charge in [0.25, 0.3) is 0 Å². The van der Waals surface area contributed by atoms with Crippen molar-refractivity contribution in [2.24, 2.45) is 0 Å². The number of sulfonamides is 1. The van der Waals surface area contributed by atoms with E-state index in [4.69, 9.17) is 11.6 Å². The lowest BCUT2D eigenvalue weighted by Crippen LogP contribution is -2.23. The van der Waals surface area contributed by atoms with Crippen LogP contribution in [0, 0.1) is 6.92 Å². The van der Waals surface area contributed by atoms with Crippen LogP contribution >= 0.6 is 23.4 Å². The monoisotopic (exact) mass is 412 g/mol.